The Bertz CT molecular complexity index is 335. The van der Waals surface area contributed by atoms with Gasteiger partial charge in [-0.1, -0.05) is 5.39 Å². The van der Waals surface area contributed by atoms with Crippen LogP contribution in [0.4, 0.5) is 0 Å². The van der Waals surface area contributed by atoms with E-state index in [2.05, 4.69) is 11.2 Å². The Labute approximate surface area is 111 Å². The molecule has 2 nitrogen and oxygen atoms in total. The molecule has 0 radical (unpaired) electrons. The molecule has 0 amide bonds. The fraction of sp³-hybridized carbons (Fsp3) is 0.273. The number of fused-ring (bicyclic) bond motifs is 1. The summed E-state index contributed by atoms with van der Waals surface area (Å²) in [7, 11) is 1.92. The molecular weight excluding hydrogens is 249 g/mol. The van der Waals surface area contributed by atoms with Crippen molar-refractivity contribution in [3.8, 4) is 0 Å². The van der Waals surface area contributed by atoms with Gasteiger partial charge in [0, 0.05) is 7.05 Å². The minimum atomic E-state index is 0. The van der Waals surface area contributed by atoms with E-state index in [0.29, 0.717) is 0 Å². The Kier molecular flexibility index (Phi) is 7.03. The van der Waals surface area contributed by atoms with Crippen LogP contribution in [0.25, 0.3) is 10.9 Å². The first-order valence-corrected chi connectivity index (χ1v) is 4.31. The molecular formula is C11H14N2Y+. The van der Waals surface area contributed by atoms with E-state index in [1.54, 1.807) is 4.68 Å². The zero-order valence-electron chi connectivity index (χ0n) is 8.86. The number of benzene rings is 1. The second-order valence-electron chi connectivity index (χ2n) is 2.87. The summed E-state index contributed by atoms with van der Waals surface area (Å²) in [4.78, 5) is 0. The Balaban J connectivity index is 0.000000381. The number of rotatable bonds is 0. The predicted molar refractivity (Wildman–Crippen MR) is 55.2 cm³/mol. The van der Waals surface area contributed by atoms with Crippen molar-refractivity contribution in [1.29, 1.82) is 0 Å². The first-order valence-electron chi connectivity index (χ1n) is 4.31. The summed E-state index contributed by atoms with van der Waals surface area (Å²) in [6.45, 7) is 4.00. The molecule has 3 heteroatoms. The van der Waals surface area contributed by atoms with E-state index in [4.69, 9.17) is 0 Å². The number of nitrogens with zero attached hydrogens (tertiary/aromatic N) is 2. The van der Waals surface area contributed by atoms with Crippen LogP contribution in [-0.2, 0) is 39.8 Å². The monoisotopic (exact) mass is 263 g/mol. The zero-order valence-corrected chi connectivity index (χ0v) is 11.7. The van der Waals surface area contributed by atoms with Gasteiger partial charge in [-0.2, -0.15) is 32.0 Å². The predicted octanol–water partition coefficient (Wildman–Crippen LogP) is 2.60. The van der Waals surface area contributed by atoms with Crippen LogP contribution in [0.3, 0.4) is 0 Å². The van der Waals surface area contributed by atoms with Crippen LogP contribution < -0.4 is 0 Å². The molecule has 0 aliphatic carbocycles. The van der Waals surface area contributed by atoms with Crippen molar-refractivity contribution < 1.29 is 32.7 Å². The molecule has 2 rings (SSSR count). The summed E-state index contributed by atoms with van der Waals surface area (Å²) in [5.74, 6) is 0. The fourth-order valence-corrected chi connectivity index (χ4v) is 1.03. The molecule has 1 aromatic heterocycles. The van der Waals surface area contributed by atoms with E-state index in [0.717, 1.165) is 10.9 Å². The normalized spacial score (nSPS) is 8.79. The fourth-order valence-electron chi connectivity index (χ4n) is 1.03. The molecule has 0 bridgehead atoms. The Morgan fingerprint density at radius 2 is 2.07 bits per heavy atom. The van der Waals surface area contributed by atoms with Gasteiger partial charge in [0.05, 0.1) is 0 Å². The zero-order chi connectivity index (χ0) is 9.68. The molecule has 1 heterocycles. The van der Waals surface area contributed by atoms with Gasteiger partial charge in [-0.05, 0) is 11.7 Å². The standard InChI is InChI=1S/C8H7N2.C3H7.Y/c1-10-6-7-4-2-3-5-8(7)9-10;1-3-2;/h3-6H,1H3;3H,1-2H3;/q2*-1;+3. The van der Waals surface area contributed by atoms with Crippen LogP contribution in [0.5, 0.6) is 0 Å². The third kappa shape index (κ3) is 3.89. The molecule has 0 saturated carbocycles. The maximum absolute atomic E-state index is 4.21. The molecule has 2 aromatic rings. The summed E-state index contributed by atoms with van der Waals surface area (Å²) in [6, 6.07) is 8.75. The largest absolute Gasteiger partial charge is 3.00 e. The minimum Gasteiger partial charge on any atom is -0.335 e. The van der Waals surface area contributed by atoms with Crippen LogP contribution in [0, 0.1) is 12.5 Å². The molecule has 14 heavy (non-hydrogen) atoms. The number of aryl methyl sites for hydroxylation is 1. The summed E-state index contributed by atoms with van der Waals surface area (Å²) in [6.07, 6.45) is 3.98. The van der Waals surface area contributed by atoms with Gasteiger partial charge in [0.25, 0.3) is 0 Å². The van der Waals surface area contributed by atoms with Crippen LogP contribution in [0.2, 0.25) is 0 Å². The Morgan fingerprint density at radius 3 is 2.64 bits per heavy atom. The molecule has 0 spiro atoms. The van der Waals surface area contributed by atoms with E-state index in [1.807, 2.05) is 51.7 Å². The Morgan fingerprint density at radius 1 is 1.43 bits per heavy atom. The van der Waals surface area contributed by atoms with Crippen molar-refractivity contribution in [2.45, 2.75) is 13.8 Å². The van der Waals surface area contributed by atoms with Gasteiger partial charge in [-0.15, -0.1) is 6.07 Å². The van der Waals surface area contributed by atoms with Crippen LogP contribution in [0.1, 0.15) is 13.8 Å². The van der Waals surface area contributed by atoms with Crippen LogP contribution >= 0.6 is 0 Å². The summed E-state index contributed by atoms with van der Waals surface area (Å²) >= 11 is 0. The average Bonchev–Trinajstić information content (AvgIpc) is 2.45. The van der Waals surface area contributed by atoms with E-state index in [9.17, 15) is 0 Å². The second-order valence-corrected chi connectivity index (χ2v) is 2.87. The topological polar surface area (TPSA) is 17.8 Å². The minimum absolute atomic E-state index is 0. The van der Waals surface area contributed by atoms with Gasteiger partial charge in [0.2, 0.25) is 0 Å². The first-order chi connectivity index (χ1) is 6.27. The van der Waals surface area contributed by atoms with Crippen molar-refractivity contribution in [3.63, 3.8) is 0 Å². The van der Waals surface area contributed by atoms with E-state index >= 15 is 0 Å². The quantitative estimate of drug-likeness (QED) is 0.668. The maximum atomic E-state index is 4.21. The van der Waals surface area contributed by atoms with Gasteiger partial charge in [-0.25, -0.2) is 5.10 Å². The van der Waals surface area contributed by atoms with E-state index < -0.39 is 0 Å². The van der Waals surface area contributed by atoms with Gasteiger partial charge in [0.1, 0.15) is 0 Å². The molecule has 0 N–H and O–H groups in total. The van der Waals surface area contributed by atoms with Crippen molar-refractivity contribution >= 4 is 10.9 Å². The Hall–Kier alpha value is -0.206. The van der Waals surface area contributed by atoms with Gasteiger partial charge in [0.15, 0.2) is 0 Å². The van der Waals surface area contributed by atoms with E-state index in [1.165, 1.54) is 0 Å². The molecule has 70 valence electrons. The molecule has 0 atom stereocenters. The summed E-state index contributed by atoms with van der Waals surface area (Å²) in [5, 5.41) is 5.35. The van der Waals surface area contributed by atoms with Gasteiger partial charge in [-0.3, -0.25) is 4.68 Å². The SMILES string of the molecule is C[CH-]C.Cn1cc2c[c-]ccc2n1.[Y+3]. The molecule has 1 aromatic carbocycles. The van der Waals surface area contributed by atoms with Crippen molar-refractivity contribution in [3.05, 3.63) is 36.9 Å². The average molecular weight is 263 g/mol. The summed E-state index contributed by atoms with van der Waals surface area (Å²) in [5.41, 5.74) is 1.03. The molecule has 0 fully saturated rings. The molecule has 0 aliphatic rings. The number of hydrogen-bond donors (Lipinski definition) is 0. The molecule has 0 aliphatic heterocycles. The van der Waals surface area contributed by atoms with Gasteiger partial charge >= 0.3 is 32.7 Å². The maximum Gasteiger partial charge on any atom is 3.00 e. The van der Waals surface area contributed by atoms with Crippen molar-refractivity contribution in [1.82, 2.24) is 9.78 Å². The third-order valence-electron chi connectivity index (χ3n) is 1.46. The third-order valence-corrected chi connectivity index (χ3v) is 1.46. The van der Waals surface area contributed by atoms with Crippen molar-refractivity contribution in [2.75, 3.05) is 0 Å². The van der Waals surface area contributed by atoms with Crippen LogP contribution in [-0.4, -0.2) is 9.78 Å². The number of aromatic nitrogens is 2. The van der Waals surface area contributed by atoms with Crippen LogP contribution in [0.15, 0.2) is 24.4 Å². The summed E-state index contributed by atoms with van der Waals surface area (Å²) < 4.78 is 1.80. The van der Waals surface area contributed by atoms with E-state index in [-0.39, 0.29) is 32.7 Å². The molecule has 0 saturated heterocycles. The smallest absolute Gasteiger partial charge is 0.335 e. The second kappa shape index (κ2) is 7.13. The van der Waals surface area contributed by atoms with Gasteiger partial charge < -0.3 is 6.42 Å². The van der Waals surface area contributed by atoms with Crippen molar-refractivity contribution in [2.24, 2.45) is 7.05 Å². The molecule has 0 unspecified atom stereocenters. The first kappa shape index (κ1) is 13.8. The number of hydrogen-bond acceptors (Lipinski definition) is 1.